The quantitative estimate of drug-likeness (QED) is 0.726. The van der Waals surface area contributed by atoms with Gasteiger partial charge in [-0.2, -0.15) is 4.98 Å². The summed E-state index contributed by atoms with van der Waals surface area (Å²) >= 11 is 9.36. The van der Waals surface area contributed by atoms with Gasteiger partial charge in [-0.3, -0.25) is 0 Å². The van der Waals surface area contributed by atoms with Gasteiger partial charge in [0.15, 0.2) is 0 Å². The van der Waals surface area contributed by atoms with Gasteiger partial charge < -0.3 is 5.32 Å². The first-order valence-corrected chi connectivity index (χ1v) is 7.69. The van der Waals surface area contributed by atoms with Crippen LogP contribution in [0.4, 0.5) is 5.82 Å². The molecule has 1 rings (SSSR count). The van der Waals surface area contributed by atoms with E-state index in [1.54, 1.807) is 0 Å². The fourth-order valence-corrected chi connectivity index (χ4v) is 2.36. The van der Waals surface area contributed by atoms with Gasteiger partial charge in [-0.1, -0.05) is 33.1 Å². The predicted molar refractivity (Wildman–Crippen MR) is 81.3 cm³/mol. The Morgan fingerprint density at radius 3 is 2.67 bits per heavy atom. The minimum atomic E-state index is 0.291. The molecule has 0 amide bonds. The fraction of sp³-hybridized carbons (Fsp3) is 0.692. The molecule has 0 radical (unpaired) electrons. The van der Waals surface area contributed by atoms with Gasteiger partial charge in [0.1, 0.15) is 5.82 Å². The minimum absolute atomic E-state index is 0.291. The van der Waals surface area contributed by atoms with E-state index in [-0.39, 0.29) is 0 Å². The maximum atomic E-state index is 5.87. The Labute approximate surface area is 123 Å². The second-order valence-corrected chi connectivity index (χ2v) is 5.67. The van der Waals surface area contributed by atoms with Crippen molar-refractivity contribution in [3.05, 3.63) is 15.5 Å². The van der Waals surface area contributed by atoms with E-state index in [4.69, 9.17) is 11.6 Å². The van der Waals surface area contributed by atoms with Crippen molar-refractivity contribution in [3.8, 4) is 0 Å². The van der Waals surface area contributed by atoms with Crippen LogP contribution in [0, 0.1) is 12.8 Å². The largest absolute Gasteiger partial charge is 0.369 e. The molecular weight excluding hydrogens is 314 g/mol. The Bertz CT molecular complexity index is 385. The Kier molecular flexibility index (Phi) is 6.94. The van der Waals surface area contributed by atoms with Gasteiger partial charge in [0, 0.05) is 6.54 Å². The number of aryl methyl sites for hydroxylation is 1. The van der Waals surface area contributed by atoms with Gasteiger partial charge in [-0.25, -0.2) is 4.98 Å². The van der Waals surface area contributed by atoms with Gasteiger partial charge in [0.05, 0.1) is 10.2 Å². The lowest BCUT2D eigenvalue weighted by Gasteiger charge is -2.16. The zero-order valence-corrected chi connectivity index (χ0v) is 13.6. The van der Waals surface area contributed by atoms with Crippen molar-refractivity contribution >= 4 is 33.3 Å². The highest BCUT2D eigenvalue weighted by atomic mass is 79.9. The van der Waals surface area contributed by atoms with Gasteiger partial charge >= 0.3 is 0 Å². The highest BCUT2D eigenvalue weighted by molar-refractivity contribution is 9.10. The van der Waals surface area contributed by atoms with Crippen molar-refractivity contribution in [2.45, 2.75) is 46.5 Å². The van der Waals surface area contributed by atoms with Crippen molar-refractivity contribution in [2.75, 3.05) is 11.9 Å². The molecule has 0 aliphatic heterocycles. The van der Waals surface area contributed by atoms with E-state index < -0.39 is 0 Å². The van der Waals surface area contributed by atoms with Crippen molar-refractivity contribution in [3.63, 3.8) is 0 Å². The van der Waals surface area contributed by atoms with Gasteiger partial charge in [-0.15, -0.1) is 0 Å². The lowest BCUT2D eigenvalue weighted by molar-refractivity contribution is 0.472. The predicted octanol–water partition coefficient (Wildman–Crippen LogP) is 4.83. The summed E-state index contributed by atoms with van der Waals surface area (Å²) in [6, 6.07) is 0. The molecule has 1 heterocycles. The number of hydrogen-bond donors (Lipinski definition) is 1. The van der Waals surface area contributed by atoms with E-state index in [1.165, 1.54) is 25.7 Å². The highest BCUT2D eigenvalue weighted by Crippen LogP contribution is 2.25. The smallest absolute Gasteiger partial charge is 0.224 e. The Balaban J connectivity index is 2.61. The van der Waals surface area contributed by atoms with Crippen LogP contribution in [0.3, 0.4) is 0 Å². The van der Waals surface area contributed by atoms with E-state index in [0.717, 1.165) is 22.5 Å². The average molecular weight is 335 g/mol. The molecule has 1 atom stereocenters. The molecule has 1 aromatic heterocycles. The number of nitrogens with one attached hydrogen (secondary N) is 1. The monoisotopic (exact) mass is 333 g/mol. The lowest BCUT2D eigenvalue weighted by atomic mass is 9.99. The third kappa shape index (κ3) is 4.73. The second kappa shape index (κ2) is 7.95. The Morgan fingerprint density at radius 1 is 1.33 bits per heavy atom. The number of aromatic nitrogens is 2. The molecule has 0 saturated heterocycles. The molecule has 0 fully saturated rings. The number of unbranched alkanes of at least 4 members (excludes halogenated alkanes) is 1. The number of nitrogens with zero attached hydrogens (tertiary/aromatic N) is 2. The van der Waals surface area contributed by atoms with Crippen molar-refractivity contribution in [1.29, 1.82) is 0 Å². The third-order valence-corrected chi connectivity index (χ3v) is 4.21. The molecule has 1 N–H and O–H groups in total. The number of hydrogen-bond acceptors (Lipinski definition) is 3. The van der Waals surface area contributed by atoms with Crippen LogP contribution in [-0.4, -0.2) is 16.5 Å². The second-order valence-electron chi connectivity index (χ2n) is 4.54. The van der Waals surface area contributed by atoms with Crippen molar-refractivity contribution in [2.24, 2.45) is 5.92 Å². The highest BCUT2D eigenvalue weighted by Gasteiger charge is 2.10. The molecule has 3 nitrogen and oxygen atoms in total. The van der Waals surface area contributed by atoms with E-state index >= 15 is 0 Å². The first-order valence-electron chi connectivity index (χ1n) is 6.51. The first-order chi connectivity index (χ1) is 8.58. The van der Waals surface area contributed by atoms with E-state index in [9.17, 15) is 0 Å². The van der Waals surface area contributed by atoms with Gasteiger partial charge in [0.2, 0.25) is 5.28 Å². The van der Waals surface area contributed by atoms with Crippen LogP contribution < -0.4 is 5.32 Å². The molecule has 18 heavy (non-hydrogen) atoms. The molecule has 0 aliphatic carbocycles. The lowest BCUT2D eigenvalue weighted by Crippen LogP contribution is -2.15. The minimum Gasteiger partial charge on any atom is -0.369 e. The molecule has 102 valence electrons. The fourth-order valence-electron chi connectivity index (χ4n) is 1.83. The summed E-state index contributed by atoms with van der Waals surface area (Å²) in [5.41, 5.74) is 0.860. The summed E-state index contributed by atoms with van der Waals surface area (Å²) < 4.78 is 0.900. The standard InChI is InChI=1S/C13H21BrClN3/c1-4-6-7-10(5-2)8-16-12-11(14)9(3)17-13(15)18-12/h10H,4-8H2,1-3H3,(H,16,17,18). The van der Waals surface area contributed by atoms with E-state index in [2.05, 4.69) is 45.1 Å². The van der Waals surface area contributed by atoms with Crippen LogP contribution in [0.5, 0.6) is 0 Å². The molecule has 1 aromatic rings. The maximum Gasteiger partial charge on any atom is 0.224 e. The molecule has 1 unspecified atom stereocenters. The maximum absolute atomic E-state index is 5.87. The Hall–Kier alpha value is -0.350. The molecular formula is C13H21BrClN3. The number of halogens is 2. The van der Waals surface area contributed by atoms with Gasteiger partial charge in [0.25, 0.3) is 0 Å². The topological polar surface area (TPSA) is 37.8 Å². The summed E-state index contributed by atoms with van der Waals surface area (Å²) in [5.74, 6) is 1.48. The molecule has 0 aromatic carbocycles. The van der Waals surface area contributed by atoms with Crippen molar-refractivity contribution in [1.82, 2.24) is 9.97 Å². The summed E-state index contributed by atoms with van der Waals surface area (Å²) in [5, 5.41) is 3.66. The molecule has 0 bridgehead atoms. The van der Waals surface area contributed by atoms with Crippen molar-refractivity contribution < 1.29 is 0 Å². The normalized spacial score (nSPS) is 12.5. The zero-order valence-electron chi connectivity index (χ0n) is 11.3. The molecule has 5 heteroatoms. The van der Waals surface area contributed by atoms with Crippen LogP contribution in [0.15, 0.2) is 4.47 Å². The zero-order chi connectivity index (χ0) is 13.5. The van der Waals surface area contributed by atoms with Gasteiger partial charge in [-0.05, 0) is 46.8 Å². The summed E-state index contributed by atoms with van der Waals surface area (Å²) in [6.07, 6.45) is 4.97. The number of anilines is 1. The van der Waals surface area contributed by atoms with Crippen LogP contribution in [0.2, 0.25) is 5.28 Å². The van der Waals surface area contributed by atoms with Crippen LogP contribution in [0.1, 0.15) is 45.2 Å². The Morgan fingerprint density at radius 2 is 2.06 bits per heavy atom. The summed E-state index contributed by atoms with van der Waals surface area (Å²) in [7, 11) is 0. The van der Waals surface area contributed by atoms with E-state index in [1.807, 2.05) is 6.92 Å². The number of rotatable bonds is 7. The molecule has 0 spiro atoms. The SMILES string of the molecule is CCCCC(CC)CNc1nc(Cl)nc(C)c1Br. The third-order valence-electron chi connectivity index (χ3n) is 3.09. The van der Waals surface area contributed by atoms with Crippen LogP contribution in [0.25, 0.3) is 0 Å². The molecule has 0 aliphatic rings. The summed E-state index contributed by atoms with van der Waals surface area (Å²) in [4.78, 5) is 8.31. The first kappa shape index (κ1) is 15.7. The van der Waals surface area contributed by atoms with Crippen LogP contribution in [-0.2, 0) is 0 Å². The van der Waals surface area contributed by atoms with Crippen LogP contribution >= 0.6 is 27.5 Å². The van der Waals surface area contributed by atoms with E-state index in [0.29, 0.717) is 11.2 Å². The summed E-state index contributed by atoms with van der Waals surface area (Å²) in [6.45, 7) is 7.30. The average Bonchev–Trinajstić information content (AvgIpc) is 2.35. The molecule has 0 saturated carbocycles.